The zero-order chi connectivity index (χ0) is 19.2. The van der Waals surface area contributed by atoms with Gasteiger partial charge in [-0.2, -0.15) is 0 Å². The SMILES string of the molecule is CCNC(=NCC1CN(C)CCN1C)NC(C)c1ccc2c(c1)CCCC2.I. The molecule has 0 spiro atoms. The van der Waals surface area contributed by atoms with E-state index in [0.29, 0.717) is 6.04 Å². The normalized spacial score (nSPS) is 22.1. The fraction of sp³-hybridized carbons (Fsp3) is 0.682. The monoisotopic (exact) mass is 499 g/mol. The van der Waals surface area contributed by atoms with E-state index in [2.05, 4.69) is 66.6 Å². The molecule has 1 heterocycles. The van der Waals surface area contributed by atoms with Crippen molar-refractivity contribution < 1.29 is 0 Å². The van der Waals surface area contributed by atoms with E-state index in [9.17, 15) is 0 Å². The first kappa shape index (κ1) is 23.4. The van der Waals surface area contributed by atoms with Crippen LogP contribution in [0.3, 0.4) is 0 Å². The molecule has 0 saturated carbocycles. The molecule has 0 bridgehead atoms. The Bertz CT molecular complexity index is 648. The number of nitrogens with one attached hydrogen (secondary N) is 2. The van der Waals surface area contributed by atoms with Gasteiger partial charge in [-0.25, -0.2) is 0 Å². The van der Waals surface area contributed by atoms with Crippen LogP contribution in [0.5, 0.6) is 0 Å². The zero-order valence-corrected chi connectivity index (χ0v) is 20.3. The molecule has 2 N–H and O–H groups in total. The molecule has 1 aromatic carbocycles. The van der Waals surface area contributed by atoms with Gasteiger partial charge >= 0.3 is 0 Å². The minimum absolute atomic E-state index is 0. The number of benzene rings is 1. The lowest BCUT2D eigenvalue weighted by Gasteiger charge is -2.37. The van der Waals surface area contributed by atoms with Gasteiger partial charge in [-0.15, -0.1) is 24.0 Å². The van der Waals surface area contributed by atoms with Gasteiger partial charge < -0.3 is 15.5 Å². The summed E-state index contributed by atoms with van der Waals surface area (Å²) in [5.41, 5.74) is 4.44. The second-order valence-corrected chi connectivity index (χ2v) is 8.22. The molecule has 2 aliphatic rings. The number of halogens is 1. The van der Waals surface area contributed by atoms with Crippen molar-refractivity contribution >= 4 is 29.9 Å². The average Bonchev–Trinajstić information content (AvgIpc) is 2.68. The predicted molar refractivity (Wildman–Crippen MR) is 130 cm³/mol. The molecule has 28 heavy (non-hydrogen) atoms. The first-order valence-electron chi connectivity index (χ1n) is 10.6. The fourth-order valence-electron chi connectivity index (χ4n) is 4.13. The van der Waals surface area contributed by atoms with E-state index < -0.39 is 0 Å². The highest BCUT2D eigenvalue weighted by molar-refractivity contribution is 14.0. The second kappa shape index (κ2) is 11.4. The summed E-state index contributed by atoms with van der Waals surface area (Å²) in [4.78, 5) is 9.73. The van der Waals surface area contributed by atoms with E-state index in [-0.39, 0.29) is 30.0 Å². The molecule has 2 atom stereocenters. The molecule has 1 aliphatic carbocycles. The van der Waals surface area contributed by atoms with E-state index in [1.807, 2.05) is 0 Å². The number of guanidine groups is 1. The number of aliphatic imine (C=N–C) groups is 1. The van der Waals surface area contributed by atoms with Gasteiger partial charge in [-0.1, -0.05) is 18.2 Å². The maximum atomic E-state index is 4.90. The van der Waals surface area contributed by atoms with Crippen molar-refractivity contribution in [3.05, 3.63) is 34.9 Å². The van der Waals surface area contributed by atoms with Gasteiger partial charge in [-0.05, 0) is 70.3 Å². The van der Waals surface area contributed by atoms with Crippen molar-refractivity contribution in [1.29, 1.82) is 0 Å². The van der Waals surface area contributed by atoms with Crippen LogP contribution >= 0.6 is 24.0 Å². The Kier molecular flexibility index (Phi) is 9.50. The minimum Gasteiger partial charge on any atom is -0.357 e. The van der Waals surface area contributed by atoms with Gasteiger partial charge in [-0.3, -0.25) is 9.89 Å². The Balaban J connectivity index is 0.00000280. The Hall–Kier alpha value is -0.860. The number of piperazine rings is 1. The number of fused-ring (bicyclic) bond motifs is 1. The molecule has 0 radical (unpaired) electrons. The van der Waals surface area contributed by atoms with Crippen LogP contribution in [0.4, 0.5) is 0 Å². The smallest absolute Gasteiger partial charge is 0.191 e. The highest BCUT2D eigenvalue weighted by Gasteiger charge is 2.22. The van der Waals surface area contributed by atoms with Crippen molar-refractivity contribution in [3.8, 4) is 0 Å². The number of aryl methyl sites for hydroxylation is 2. The number of nitrogens with zero attached hydrogens (tertiary/aromatic N) is 3. The molecule has 1 aliphatic heterocycles. The maximum absolute atomic E-state index is 4.90. The molecule has 158 valence electrons. The van der Waals surface area contributed by atoms with Crippen LogP contribution in [-0.4, -0.2) is 68.6 Å². The van der Waals surface area contributed by atoms with E-state index in [0.717, 1.165) is 38.7 Å². The summed E-state index contributed by atoms with van der Waals surface area (Å²) in [5, 5.41) is 7.03. The van der Waals surface area contributed by atoms with Gasteiger partial charge in [0.25, 0.3) is 0 Å². The number of hydrogen-bond acceptors (Lipinski definition) is 3. The summed E-state index contributed by atoms with van der Waals surface area (Å²) >= 11 is 0. The molecule has 1 fully saturated rings. The third kappa shape index (κ3) is 6.32. The van der Waals surface area contributed by atoms with Crippen molar-refractivity contribution in [2.75, 3.05) is 46.8 Å². The Labute approximate surface area is 188 Å². The molecular formula is C22H38IN5. The van der Waals surface area contributed by atoms with Gasteiger partial charge in [0.2, 0.25) is 0 Å². The zero-order valence-electron chi connectivity index (χ0n) is 18.0. The average molecular weight is 499 g/mol. The number of likely N-dealkylation sites (N-methyl/N-ethyl adjacent to an activating group) is 2. The molecule has 3 rings (SSSR count). The highest BCUT2D eigenvalue weighted by atomic mass is 127. The standard InChI is InChI=1S/C22H37N5.HI/c1-5-23-22(24-15-21-16-26(3)12-13-27(21)4)25-17(2)19-11-10-18-8-6-7-9-20(18)14-19;/h10-11,14,17,21H,5-9,12-13,15-16H2,1-4H3,(H2,23,24,25);1H. The largest absolute Gasteiger partial charge is 0.357 e. The van der Waals surface area contributed by atoms with E-state index in [4.69, 9.17) is 4.99 Å². The van der Waals surface area contributed by atoms with Gasteiger partial charge in [0.1, 0.15) is 0 Å². The van der Waals surface area contributed by atoms with Crippen LogP contribution in [0.1, 0.15) is 49.4 Å². The molecular weight excluding hydrogens is 461 g/mol. The lowest BCUT2D eigenvalue weighted by molar-refractivity contribution is 0.119. The molecule has 6 heteroatoms. The minimum atomic E-state index is 0. The van der Waals surface area contributed by atoms with Crippen molar-refractivity contribution in [3.63, 3.8) is 0 Å². The van der Waals surface area contributed by atoms with E-state index in [1.54, 1.807) is 11.1 Å². The van der Waals surface area contributed by atoms with Crippen molar-refractivity contribution in [2.24, 2.45) is 4.99 Å². The summed E-state index contributed by atoms with van der Waals surface area (Å²) in [6.45, 7) is 9.41. The van der Waals surface area contributed by atoms with Crippen LogP contribution in [-0.2, 0) is 12.8 Å². The maximum Gasteiger partial charge on any atom is 0.191 e. The van der Waals surface area contributed by atoms with Gasteiger partial charge in [0.15, 0.2) is 5.96 Å². The fourth-order valence-corrected chi connectivity index (χ4v) is 4.13. The van der Waals surface area contributed by atoms with Crippen LogP contribution in [0.15, 0.2) is 23.2 Å². The summed E-state index contributed by atoms with van der Waals surface area (Å²) in [6, 6.07) is 7.76. The lowest BCUT2D eigenvalue weighted by Crippen LogP contribution is -2.51. The first-order chi connectivity index (χ1) is 13.1. The summed E-state index contributed by atoms with van der Waals surface area (Å²) < 4.78 is 0. The van der Waals surface area contributed by atoms with Crippen molar-refractivity contribution in [2.45, 2.75) is 51.6 Å². The predicted octanol–water partition coefficient (Wildman–Crippen LogP) is 3.05. The number of hydrogen-bond donors (Lipinski definition) is 2. The topological polar surface area (TPSA) is 42.9 Å². The Morgan fingerprint density at radius 3 is 2.68 bits per heavy atom. The molecule has 5 nitrogen and oxygen atoms in total. The molecule has 0 aromatic heterocycles. The van der Waals surface area contributed by atoms with Gasteiger partial charge in [0.05, 0.1) is 12.6 Å². The third-order valence-electron chi connectivity index (χ3n) is 6.01. The summed E-state index contributed by atoms with van der Waals surface area (Å²) in [5.74, 6) is 0.921. The van der Waals surface area contributed by atoms with Crippen molar-refractivity contribution in [1.82, 2.24) is 20.4 Å². The quantitative estimate of drug-likeness (QED) is 0.372. The molecule has 1 aromatic rings. The summed E-state index contributed by atoms with van der Waals surface area (Å²) in [6.07, 6.45) is 5.13. The highest BCUT2D eigenvalue weighted by Crippen LogP contribution is 2.24. The summed E-state index contributed by atoms with van der Waals surface area (Å²) in [7, 11) is 4.41. The Morgan fingerprint density at radius 1 is 1.18 bits per heavy atom. The second-order valence-electron chi connectivity index (χ2n) is 8.22. The van der Waals surface area contributed by atoms with Crippen LogP contribution in [0.2, 0.25) is 0 Å². The van der Waals surface area contributed by atoms with E-state index >= 15 is 0 Å². The van der Waals surface area contributed by atoms with Gasteiger partial charge in [0, 0.05) is 32.2 Å². The third-order valence-corrected chi connectivity index (χ3v) is 6.01. The van der Waals surface area contributed by atoms with E-state index in [1.165, 1.54) is 31.2 Å². The molecule has 1 saturated heterocycles. The number of rotatable bonds is 5. The van der Waals surface area contributed by atoms with Crippen LogP contribution < -0.4 is 10.6 Å². The van der Waals surface area contributed by atoms with Crippen LogP contribution in [0, 0.1) is 0 Å². The first-order valence-corrected chi connectivity index (χ1v) is 10.6. The molecule has 0 amide bonds. The molecule has 2 unspecified atom stereocenters. The lowest BCUT2D eigenvalue weighted by atomic mass is 9.89. The van der Waals surface area contributed by atoms with Crippen LogP contribution in [0.25, 0.3) is 0 Å². The Morgan fingerprint density at radius 2 is 1.93 bits per heavy atom.